The highest BCUT2D eigenvalue weighted by Gasteiger charge is 2.29. The van der Waals surface area contributed by atoms with Gasteiger partial charge in [0, 0.05) is 15.5 Å². The van der Waals surface area contributed by atoms with E-state index in [2.05, 4.69) is 17.6 Å². The molecule has 188 valence electrons. The van der Waals surface area contributed by atoms with Crippen LogP contribution in [0.5, 0.6) is 5.75 Å². The number of halogens is 2. The Morgan fingerprint density at radius 1 is 1.08 bits per heavy atom. The number of carbonyl (C=O) groups excluding carboxylic acids is 3. The number of hydrogen-bond acceptors (Lipinski definition) is 6. The second kappa shape index (κ2) is 11.3. The Balaban J connectivity index is 1.37. The Morgan fingerprint density at radius 3 is 2.56 bits per heavy atom. The summed E-state index contributed by atoms with van der Waals surface area (Å²) < 4.78 is 10.5. The van der Waals surface area contributed by atoms with Crippen LogP contribution in [-0.4, -0.2) is 31.5 Å². The summed E-state index contributed by atoms with van der Waals surface area (Å²) in [6.45, 7) is 1.91. The molecular weight excluding hydrogens is 523 g/mol. The fourth-order valence-corrected chi connectivity index (χ4v) is 5.71. The van der Waals surface area contributed by atoms with E-state index in [-0.39, 0.29) is 12.5 Å². The van der Waals surface area contributed by atoms with Gasteiger partial charge in [0.15, 0.2) is 6.61 Å². The van der Waals surface area contributed by atoms with Gasteiger partial charge in [-0.1, -0.05) is 30.1 Å². The summed E-state index contributed by atoms with van der Waals surface area (Å²) in [4.78, 5) is 38.6. The van der Waals surface area contributed by atoms with E-state index in [1.807, 2.05) is 0 Å². The molecule has 0 spiro atoms. The molecular formula is C26H24Cl2N2O5S. The predicted molar refractivity (Wildman–Crippen MR) is 142 cm³/mol. The molecule has 1 heterocycles. The second-order valence-electron chi connectivity index (χ2n) is 8.49. The number of benzene rings is 2. The molecule has 2 amide bonds. The van der Waals surface area contributed by atoms with E-state index < -0.39 is 11.9 Å². The highest BCUT2D eigenvalue weighted by Crippen LogP contribution is 2.40. The molecule has 0 radical (unpaired) electrons. The number of esters is 1. The van der Waals surface area contributed by atoms with Gasteiger partial charge in [0.05, 0.1) is 23.4 Å². The summed E-state index contributed by atoms with van der Waals surface area (Å²) >= 11 is 13.5. The minimum absolute atomic E-state index is 0.261. The van der Waals surface area contributed by atoms with E-state index >= 15 is 0 Å². The van der Waals surface area contributed by atoms with Crippen molar-refractivity contribution in [3.05, 3.63) is 74.1 Å². The summed E-state index contributed by atoms with van der Waals surface area (Å²) in [6, 6.07) is 11.1. The molecule has 1 atom stereocenters. The molecule has 3 aromatic rings. The Bertz CT molecular complexity index is 1310. The third-order valence-corrected chi connectivity index (χ3v) is 7.55. The maximum absolute atomic E-state index is 12.6. The quantitative estimate of drug-likeness (QED) is 0.342. The van der Waals surface area contributed by atoms with Crippen molar-refractivity contribution in [2.75, 3.05) is 24.4 Å². The third-order valence-electron chi connectivity index (χ3n) is 5.82. The Morgan fingerprint density at radius 2 is 1.83 bits per heavy atom. The summed E-state index contributed by atoms with van der Waals surface area (Å²) in [5.74, 6) is -0.277. The Hall–Kier alpha value is -3.07. The van der Waals surface area contributed by atoms with E-state index in [9.17, 15) is 14.4 Å². The van der Waals surface area contributed by atoms with Crippen LogP contribution in [0.3, 0.4) is 0 Å². The number of fused-ring (bicyclic) bond motifs is 1. The van der Waals surface area contributed by atoms with E-state index in [1.54, 1.807) is 42.5 Å². The van der Waals surface area contributed by atoms with Gasteiger partial charge in [-0.25, -0.2) is 4.79 Å². The van der Waals surface area contributed by atoms with Crippen molar-refractivity contribution in [1.82, 2.24) is 0 Å². The Kier molecular flexibility index (Phi) is 8.18. The number of ether oxygens (including phenoxy) is 2. The zero-order valence-corrected chi connectivity index (χ0v) is 22.0. The highest BCUT2D eigenvalue weighted by molar-refractivity contribution is 7.17. The number of amides is 2. The molecule has 36 heavy (non-hydrogen) atoms. The van der Waals surface area contributed by atoms with E-state index in [0.717, 1.165) is 29.7 Å². The van der Waals surface area contributed by atoms with Crippen LogP contribution in [0.15, 0.2) is 42.5 Å². The number of methoxy groups -OCH3 is 1. The molecule has 1 aliphatic rings. The van der Waals surface area contributed by atoms with Gasteiger partial charge in [0.25, 0.3) is 11.8 Å². The highest BCUT2D eigenvalue weighted by atomic mass is 35.5. The average molecular weight is 547 g/mol. The van der Waals surface area contributed by atoms with Crippen molar-refractivity contribution in [2.24, 2.45) is 5.92 Å². The normalized spacial score (nSPS) is 14.5. The van der Waals surface area contributed by atoms with Gasteiger partial charge < -0.3 is 20.1 Å². The lowest BCUT2D eigenvalue weighted by Gasteiger charge is -2.18. The van der Waals surface area contributed by atoms with Gasteiger partial charge in [0.1, 0.15) is 10.8 Å². The smallest absolute Gasteiger partial charge is 0.341 e. The maximum Gasteiger partial charge on any atom is 0.341 e. The average Bonchev–Trinajstić information content (AvgIpc) is 3.21. The molecule has 0 bridgehead atoms. The van der Waals surface area contributed by atoms with Crippen LogP contribution in [0.2, 0.25) is 10.0 Å². The standard InChI is InChI=1S/C26H24Cl2N2O5S/c1-14-3-9-18-21(11-14)36-25(23(18)26(33)34-2)30-22(31)13-35-17-7-4-15(5-8-17)24(32)29-20-12-16(27)6-10-19(20)28/h4-8,10,12,14H,3,9,11,13H2,1-2H3,(H,29,32)(H,30,31). The third kappa shape index (κ3) is 6.00. The van der Waals surface area contributed by atoms with Crippen LogP contribution in [0.25, 0.3) is 0 Å². The predicted octanol–water partition coefficient (Wildman–Crippen LogP) is 6.24. The zero-order valence-electron chi connectivity index (χ0n) is 19.7. The molecule has 4 rings (SSSR count). The molecule has 10 heteroatoms. The second-order valence-corrected chi connectivity index (χ2v) is 10.4. The first-order valence-electron chi connectivity index (χ1n) is 11.3. The molecule has 0 fully saturated rings. The van der Waals surface area contributed by atoms with Crippen molar-refractivity contribution < 1.29 is 23.9 Å². The summed E-state index contributed by atoms with van der Waals surface area (Å²) in [7, 11) is 1.33. The Labute approximate surface area is 222 Å². The molecule has 2 N–H and O–H groups in total. The van der Waals surface area contributed by atoms with Crippen LogP contribution >= 0.6 is 34.5 Å². The monoisotopic (exact) mass is 546 g/mol. The number of carbonyl (C=O) groups is 3. The summed E-state index contributed by atoms with van der Waals surface area (Å²) in [5.41, 5.74) is 2.19. The number of thiophene rings is 1. The van der Waals surface area contributed by atoms with Crippen molar-refractivity contribution in [3.63, 3.8) is 0 Å². The summed E-state index contributed by atoms with van der Waals surface area (Å²) in [5, 5.41) is 6.82. The van der Waals surface area contributed by atoms with Gasteiger partial charge in [-0.2, -0.15) is 0 Å². The number of anilines is 2. The number of hydrogen-bond donors (Lipinski definition) is 2. The van der Waals surface area contributed by atoms with Crippen molar-refractivity contribution in [1.29, 1.82) is 0 Å². The van der Waals surface area contributed by atoms with Crippen LogP contribution in [-0.2, 0) is 22.4 Å². The van der Waals surface area contributed by atoms with E-state index in [1.165, 1.54) is 18.4 Å². The van der Waals surface area contributed by atoms with Gasteiger partial charge >= 0.3 is 5.97 Å². The van der Waals surface area contributed by atoms with E-state index in [0.29, 0.717) is 43.5 Å². The van der Waals surface area contributed by atoms with Crippen LogP contribution < -0.4 is 15.4 Å². The van der Waals surface area contributed by atoms with Crippen LogP contribution in [0.1, 0.15) is 44.5 Å². The largest absolute Gasteiger partial charge is 0.484 e. The lowest BCUT2D eigenvalue weighted by atomic mass is 9.88. The first kappa shape index (κ1) is 26.0. The minimum atomic E-state index is -0.453. The van der Waals surface area contributed by atoms with Gasteiger partial charge in [0.2, 0.25) is 0 Å². The van der Waals surface area contributed by atoms with Gasteiger partial charge in [-0.15, -0.1) is 11.3 Å². The molecule has 0 saturated heterocycles. The van der Waals surface area contributed by atoms with Gasteiger partial charge in [-0.05, 0) is 73.2 Å². The molecule has 2 aromatic carbocycles. The maximum atomic E-state index is 12.6. The SMILES string of the molecule is COC(=O)c1c(NC(=O)COc2ccc(C(=O)Nc3cc(Cl)ccc3Cl)cc2)sc2c1CCC(C)C2. The van der Waals surface area contributed by atoms with Crippen LogP contribution in [0, 0.1) is 5.92 Å². The fraction of sp³-hybridized carbons (Fsp3) is 0.269. The molecule has 1 aliphatic carbocycles. The zero-order chi connectivity index (χ0) is 25.8. The van der Waals surface area contributed by atoms with Crippen molar-refractivity contribution in [2.45, 2.75) is 26.2 Å². The number of nitrogens with one attached hydrogen (secondary N) is 2. The fourth-order valence-electron chi connectivity index (χ4n) is 3.96. The first-order valence-corrected chi connectivity index (χ1v) is 12.8. The van der Waals surface area contributed by atoms with E-state index in [4.69, 9.17) is 32.7 Å². The lowest BCUT2D eigenvalue weighted by Crippen LogP contribution is -2.21. The molecule has 0 saturated carbocycles. The van der Waals surface area contributed by atoms with Crippen molar-refractivity contribution in [3.8, 4) is 5.75 Å². The lowest BCUT2D eigenvalue weighted by molar-refractivity contribution is -0.118. The minimum Gasteiger partial charge on any atom is -0.484 e. The van der Waals surface area contributed by atoms with Gasteiger partial charge in [-0.3, -0.25) is 9.59 Å². The molecule has 1 unspecified atom stereocenters. The summed E-state index contributed by atoms with van der Waals surface area (Å²) in [6.07, 6.45) is 2.65. The first-order chi connectivity index (χ1) is 17.2. The number of rotatable bonds is 7. The topological polar surface area (TPSA) is 93.7 Å². The molecule has 1 aromatic heterocycles. The van der Waals surface area contributed by atoms with Crippen molar-refractivity contribution >= 4 is 63.0 Å². The van der Waals surface area contributed by atoms with Crippen LogP contribution in [0.4, 0.5) is 10.7 Å². The molecule has 7 nitrogen and oxygen atoms in total. The molecule has 0 aliphatic heterocycles.